The number of pyridine rings is 3. The van der Waals surface area contributed by atoms with Gasteiger partial charge in [-0.3, -0.25) is 15.1 Å². The van der Waals surface area contributed by atoms with Gasteiger partial charge in [0.05, 0.1) is 5.82 Å². The molecule has 4 rings (SSSR count). The topological polar surface area (TPSA) is 56.5 Å². The molecule has 0 unspecified atom stereocenters. The van der Waals surface area contributed by atoms with Crippen LogP contribution in [-0.2, 0) is 24.9 Å². The molecule has 0 spiro atoms. The number of hydrogen-bond acceptors (Lipinski definition) is 4. The molecule has 4 aromatic heterocycles. The minimum atomic E-state index is -0.947. The van der Waals surface area contributed by atoms with Gasteiger partial charge in [0.1, 0.15) is 11.9 Å². The molecule has 30 heavy (non-hydrogen) atoms. The van der Waals surface area contributed by atoms with Crippen LogP contribution in [0.3, 0.4) is 0 Å². The number of hydrogen-bond donors (Lipinski definition) is 0. The Morgan fingerprint density at radius 3 is 2.30 bits per heavy atom. The molecular formula is C22H17F2N5Zn. The summed E-state index contributed by atoms with van der Waals surface area (Å²) >= 11 is 0. The van der Waals surface area contributed by atoms with Crippen LogP contribution in [-0.4, -0.2) is 24.7 Å². The zero-order valence-corrected chi connectivity index (χ0v) is 19.8. The summed E-state index contributed by atoms with van der Waals surface area (Å²) in [6, 6.07) is 16.2. The Hall–Kier alpha value is -2.86. The molecule has 0 aromatic carbocycles. The van der Waals surface area contributed by atoms with Gasteiger partial charge >= 0.3 is 19.5 Å². The van der Waals surface area contributed by atoms with Crippen LogP contribution in [0, 0.1) is 31.1 Å². The molecule has 0 aliphatic rings. The van der Waals surface area contributed by atoms with E-state index >= 15 is 0 Å². The van der Waals surface area contributed by atoms with E-state index in [1.165, 1.54) is 0 Å². The Balaban J connectivity index is 0.00000256. The zero-order chi connectivity index (χ0) is 20.6. The average Bonchev–Trinajstić information content (AvgIpc) is 3.14. The molecule has 0 aliphatic heterocycles. The maximum atomic E-state index is 14.1. The normalized spacial score (nSPS) is 11.2. The van der Waals surface area contributed by atoms with Gasteiger partial charge < -0.3 is 9.67 Å². The zero-order valence-electron chi connectivity index (χ0n) is 16.8. The molecule has 8 heteroatoms. The molecule has 0 atom stereocenters. The third kappa shape index (κ3) is 4.19. The van der Waals surface area contributed by atoms with E-state index in [4.69, 9.17) is 4.98 Å². The first kappa shape index (κ1) is 21.8. The van der Waals surface area contributed by atoms with Crippen LogP contribution in [0.5, 0.6) is 0 Å². The van der Waals surface area contributed by atoms with Crippen molar-refractivity contribution in [1.29, 1.82) is 0 Å². The number of rotatable bonds is 4. The summed E-state index contributed by atoms with van der Waals surface area (Å²) in [6.07, 6.45) is 3.03. The molecule has 0 saturated carbocycles. The number of aromatic nitrogens is 5. The summed E-state index contributed by atoms with van der Waals surface area (Å²) in [4.78, 5) is 12.5. The van der Waals surface area contributed by atoms with E-state index in [2.05, 4.69) is 27.3 Å². The Kier molecular flexibility index (Phi) is 6.18. The van der Waals surface area contributed by atoms with E-state index in [9.17, 15) is 8.78 Å². The van der Waals surface area contributed by atoms with E-state index in [0.717, 1.165) is 17.5 Å². The maximum Gasteiger partial charge on any atom is 2.00 e. The minimum absolute atomic E-state index is 0. The molecule has 5 nitrogen and oxygen atoms in total. The molecule has 0 fully saturated rings. The van der Waals surface area contributed by atoms with Gasteiger partial charge in [-0.25, -0.2) is 8.78 Å². The van der Waals surface area contributed by atoms with Crippen LogP contribution < -0.4 is 0 Å². The van der Waals surface area contributed by atoms with Crippen molar-refractivity contribution in [2.24, 2.45) is 0 Å². The first-order valence-corrected chi connectivity index (χ1v) is 8.98. The summed E-state index contributed by atoms with van der Waals surface area (Å²) in [5.74, 6) is -1.23. The van der Waals surface area contributed by atoms with Gasteiger partial charge in [0.2, 0.25) is 0 Å². The standard InChI is InChI=1S/C22H17F2N5.Zn/c1-14-12-13-29(28-14)20-9-5-8-18(26-20)22(2,3)17-7-4-6-16(25-17)15-10-11-19(23)27-21(15)24;/h4-9,11-12H,1-3H3;/q-2;+2. The van der Waals surface area contributed by atoms with Crippen molar-refractivity contribution in [3.05, 3.63) is 89.8 Å². The van der Waals surface area contributed by atoms with Crippen LogP contribution in [0.4, 0.5) is 8.78 Å². The van der Waals surface area contributed by atoms with Crippen molar-refractivity contribution in [2.75, 3.05) is 0 Å². The van der Waals surface area contributed by atoms with Gasteiger partial charge in [0.15, 0.2) is 0 Å². The van der Waals surface area contributed by atoms with E-state index in [-0.39, 0.29) is 25.0 Å². The van der Waals surface area contributed by atoms with Crippen molar-refractivity contribution in [2.45, 2.75) is 26.2 Å². The second kappa shape index (κ2) is 8.48. The summed E-state index contributed by atoms with van der Waals surface area (Å²) in [5, 5.41) is 4.35. The third-order valence-electron chi connectivity index (χ3n) is 4.64. The smallest absolute Gasteiger partial charge is 0.343 e. The van der Waals surface area contributed by atoms with Gasteiger partial charge in [-0.2, -0.15) is 0 Å². The fourth-order valence-electron chi connectivity index (χ4n) is 2.98. The summed E-state index contributed by atoms with van der Waals surface area (Å²) < 4.78 is 28.8. The molecule has 0 aliphatic carbocycles. The predicted molar refractivity (Wildman–Crippen MR) is 103 cm³/mol. The first-order chi connectivity index (χ1) is 13.8. The van der Waals surface area contributed by atoms with Crippen molar-refractivity contribution < 1.29 is 28.3 Å². The first-order valence-electron chi connectivity index (χ1n) is 8.98. The predicted octanol–water partition coefficient (Wildman–Crippen LogP) is 4.23. The van der Waals surface area contributed by atoms with Crippen LogP contribution in [0.15, 0.2) is 48.5 Å². The second-order valence-corrected chi connectivity index (χ2v) is 7.13. The van der Waals surface area contributed by atoms with Gasteiger partial charge in [0.25, 0.3) is 0 Å². The van der Waals surface area contributed by atoms with Gasteiger partial charge in [-0.05, 0) is 37.4 Å². The number of halogens is 2. The van der Waals surface area contributed by atoms with Gasteiger partial charge in [-0.15, -0.1) is 12.1 Å². The Labute approximate surface area is 186 Å². The maximum absolute atomic E-state index is 14.1. The quantitative estimate of drug-likeness (QED) is 0.263. The van der Waals surface area contributed by atoms with Crippen molar-refractivity contribution in [3.8, 4) is 17.1 Å². The summed E-state index contributed by atoms with van der Waals surface area (Å²) in [6.45, 7) is 5.84. The fraction of sp³-hybridized carbons (Fsp3) is 0.182. The van der Waals surface area contributed by atoms with Crippen LogP contribution in [0.1, 0.15) is 30.9 Å². The van der Waals surface area contributed by atoms with Crippen molar-refractivity contribution >= 4 is 0 Å². The molecule has 0 amide bonds. The Morgan fingerprint density at radius 2 is 1.63 bits per heavy atom. The largest absolute Gasteiger partial charge is 2.00 e. The Morgan fingerprint density at radius 1 is 0.933 bits per heavy atom. The fourth-order valence-corrected chi connectivity index (χ4v) is 2.98. The van der Waals surface area contributed by atoms with Crippen molar-refractivity contribution in [1.82, 2.24) is 24.7 Å². The molecule has 146 valence electrons. The average molecular weight is 455 g/mol. The second-order valence-electron chi connectivity index (χ2n) is 7.13. The van der Waals surface area contributed by atoms with E-state index < -0.39 is 17.3 Å². The third-order valence-corrected chi connectivity index (χ3v) is 4.64. The number of nitrogens with zero attached hydrogens (tertiary/aromatic N) is 5. The SMILES string of the molecule is Cc1c[c-]n(-c2cccc(C(C)(C)c3cccc(-c4[c-]cc(F)nc4F)n3)n2)n1.[Zn+2]. The molecule has 4 heterocycles. The van der Waals surface area contributed by atoms with Gasteiger partial charge in [0, 0.05) is 16.8 Å². The monoisotopic (exact) mass is 453 g/mol. The van der Waals surface area contributed by atoms with Crippen molar-refractivity contribution in [3.63, 3.8) is 0 Å². The van der Waals surface area contributed by atoms with E-state index in [1.807, 2.05) is 45.0 Å². The molecular weight excluding hydrogens is 438 g/mol. The van der Waals surface area contributed by atoms with Crippen LogP contribution >= 0.6 is 0 Å². The summed E-state index contributed by atoms with van der Waals surface area (Å²) in [7, 11) is 0. The molecule has 0 radical (unpaired) electrons. The van der Waals surface area contributed by atoms with E-state index in [1.54, 1.807) is 22.9 Å². The van der Waals surface area contributed by atoms with Gasteiger partial charge in [-0.1, -0.05) is 49.0 Å². The van der Waals surface area contributed by atoms with Crippen LogP contribution in [0.2, 0.25) is 0 Å². The summed E-state index contributed by atoms with van der Waals surface area (Å²) in [5.41, 5.74) is 2.05. The Bertz CT molecular complexity index is 1190. The van der Waals surface area contributed by atoms with Crippen LogP contribution in [0.25, 0.3) is 17.1 Å². The molecule has 0 bridgehead atoms. The minimum Gasteiger partial charge on any atom is -0.343 e. The molecule has 4 aromatic rings. The van der Waals surface area contributed by atoms with E-state index in [0.29, 0.717) is 17.2 Å². The molecule has 0 N–H and O–H groups in total. The molecule has 0 saturated heterocycles. The number of aryl methyl sites for hydroxylation is 1.